The van der Waals surface area contributed by atoms with Crippen molar-refractivity contribution in [3.63, 3.8) is 0 Å². The molecular formula is C13H12N2O4. The van der Waals surface area contributed by atoms with E-state index in [1.54, 1.807) is 19.1 Å². The number of nitriles is 1. The lowest BCUT2D eigenvalue weighted by atomic mass is 10.0. The number of carbonyl (C=O) groups excluding carboxylic acids is 1. The van der Waals surface area contributed by atoms with Gasteiger partial charge in [-0.1, -0.05) is 12.1 Å². The molecule has 0 unspecified atom stereocenters. The van der Waals surface area contributed by atoms with Gasteiger partial charge in [0.15, 0.2) is 5.41 Å². The van der Waals surface area contributed by atoms with Gasteiger partial charge in [-0.25, -0.2) is 0 Å². The van der Waals surface area contributed by atoms with E-state index in [1.807, 2.05) is 6.07 Å². The number of carbonyl (C=O) groups is 1. The van der Waals surface area contributed by atoms with Crippen molar-refractivity contribution in [1.29, 1.82) is 5.26 Å². The average Bonchev–Trinajstić information content (AvgIpc) is 3.15. The highest BCUT2D eigenvalue weighted by atomic mass is 16.6. The Balaban J connectivity index is 2.19. The third kappa shape index (κ3) is 2.15. The molecule has 1 aromatic rings. The van der Waals surface area contributed by atoms with Gasteiger partial charge >= 0.3 is 5.97 Å². The molecule has 1 saturated carbocycles. The number of nitrogens with zero attached hydrogens (tertiary/aromatic N) is 2. The van der Waals surface area contributed by atoms with E-state index < -0.39 is 16.3 Å². The second-order valence-corrected chi connectivity index (χ2v) is 4.41. The average molecular weight is 260 g/mol. The number of hydrogen-bond donors (Lipinski definition) is 0. The van der Waals surface area contributed by atoms with Crippen LogP contribution in [-0.4, -0.2) is 17.5 Å². The van der Waals surface area contributed by atoms with E-state index in [4.69, 9.17) is 10.00 Å². The van der Waals surface area contributed by atoms with Crippen LogP contribution in [0.3, 0.4) is 0 Å². The van der Waals surface area contributed by atoms with Crippen LogP contribution in [-0.2, 0) is 9.53 Å². The fraction of sp³-hybridized carbons (Fsp3) is 0.385. The van der Waals surface area contributed by atoms with Crippen molar-refractivity contribution in [3.8, 4) is 6.07 Å². The maximum absolute atomic E-state index is 11.8. The molecule has 1 aromatic carbocycles. The Morgan fingerprint density at radius 3 is 2.68 bits per heavy atom. The number of hydrogen-bond acceptors (Lipinski definition) is 5. The molecule has 1 aliphatic carbocycles. The lowest BCUT2D eigenvalue weighted by molar-refractivity contribution is -0.384. The van der Waals surface area contributed by atoms with Crippen LogP contribution in [0, 0.1) is 26.9 Å². The van der Waals surface area contributed by atoms with E-state index >= 15 is 0 Å². The molecule has 6 nitrogen and oxygen atoms in total. The Morgan fingerprint density at radius 1 is 1.58 bits per heavy atom. The standard InChI is InChI=1S/C13H12N2O4/c1-2-19-12(16)13(8-14)7-11(13)9-3-5-10(6-4-9)15(17)18/h3-6,11H,2,7H2,1H3/t11-,13-/m0/s1. The second kappa shape index (κ2) is 4.69. The molecule has 1 fully saturated rings. The van der Waals surface area contributed by atoms with Crippen molar-refractivity contribution < 1.29 is 14.5 Å². The van der Waals surface area contributed by atoms with Gasteiger partial charge in [-0.3, -0.25) is 14.9 Å². The van der Waals surface area contributed by atoms with Crippen LogP contribution < -0.4 is 0 Å². The van der Waals surface area contributed by atoms with Crippen molar-refractivity contribution >= 4 is 11.7 Å². The Morgan fingerprint density at radius 2 is 2.21 bits per heavy atom. The van der Waals surface area contributed by atoms with E-state index in [1.165, 1.54) is 12.1 Å². The first kappa shape index (κ1) is 13.0. The third-order valence-corrected chi connectivity index (χ3v) is 3.31. The molecule has 0 aromatic heterocycles. The lowest BCUT2D eigenvalue weighted by Gasteiger charge is -2.07. The van der Waals surface area contributed by atoms with Crippen molar-refractivity contribution in [2.24, 2.45) is 5.41 Å². The molecule has 2 atom stereocenters. The zero-order valence-electron chi connectivity index (χ0n) is 10.3. The molecule has 98 valence electrons. The van der Waals surface area contributed by atoms with E-state index in [0.717, 1.165) is 5.56 Å². The zero-order chi connectivity index (χ0) is 14.0. The fourth-order valence-electron chi connectivity index (χ4n) is 2.15. The van der Waals surface area contributed by atoms with Crippen molar-refractivity contribution in [3.05, 3.63) is 39.9 Å². The van der Waals surface area contributed by atoms with Crippen LogP contribution in [0.15, 0.2) is 24.3 Å². The van der Waals surface area contributed by atoms with Gasteiger partial charge in [0.05, 0.1) is 17.6 Å². The topological polar surface area (TPSA) is 93.2 Å². The summed E-state index contributed by atoms with van der Waals surface area (Å²) in [6.45, 7) is 1.92. The summed E-state index contributed by atoms with van der Waals surface area (Å²) in [5.74, 6) is -0.752. The minimum Gasteiger partial charge on any atom is -0.465 e. The van der Waals surface area contributed by atoms with Crippen LogP contribution in [0.25, 0.3) is 0 Å². The monoisotopic (exact) mass is 260 g/mol. The number of non-ortho nitro benzene ring substituents is 1. The predicted molar refractivity (Wildman–Crippen MR) is 65.1 cm³/mol. The number of nitro benzene ring substituents is 1. The molecular weight excluding hydrogens is 248 g/mol. The van der Waals surface area contributed by atoms with E-state index in [2.05, 4.69) is 0 Å². The molecule has 1 aliphatic rings. The van der Waals surface area contributed by atoms with Gasteiger partial charge in [0.25, 0.3) is 5.69 Å². The molecule has 19 heavy (non-hydrogen) atoms. The van der Waals surface area contributed by atoms with Crippen molar-refractivity contribution in [2.45, 2.75) is 19.3 Å². The molecule has 0 saturated heterocycles. The van der Waals surface area contributed by atoms with Gasteiger partial charge in [0, 0.05) is 18.1 Å². The Hall–Kier alpha value is -2.42. The smallest absolute Gasteiger partial charge is 0.327 e. The molecule has 0 radical (unpaired) electrons. The minimum absolute atomic E-state index is 0.0110. The number of nitro groups is 1. The van der Waals surface area contributed by atoms with E-state index in [-0.39, 0.29) is 18.2 Å². The highest BCUT2D eigenvalue weighted by Crippen LogP contribution is 2.59. The summed E-state index contributed by atoms with van der Waals surface area (Å²) in [6, 6.07) is 7.94. The molecule has 0 heterocycles. The molecule has 0 aliphatic heterocycles. The van der Waals surface area contributed by atoms with Crippen LogP contribution in [0.5, 0.6) is 0 Å². The first-order chi connectivity index (χ1) is 9.05. The minimum atomic E-state index is -1.12. The van der Waals surface area contributed by atoms with Gasteiger partial charge in [0.2, 0.25) is 0 Å². The summed E-state index contributed by atoms with van der Waals surface area (Å²) in [5, 5.41) is 19.7. The summed E-state index contributed by atoms with van der Waals surface area (Å²) in [5.41, 5.74) is -0.380. The summed E-state index contributed by atoms with van der Waals surface area (Å²) in [7, 11) is 0. The number of ether oxygens (including phenoxy) is 1. The van der Waals surface area contributed by atoms with Gasteiger partial charge in [-0.15, -0.1) is 0 Å². The Labute approximate surface area is 109 Å². The maximum Gasteiger partial charge on any atom is 0.327 e. The normalized spacial score (nSPS) is 24.3. The van der Waals surface area contributed by atoms with E-state index in [9.17, 15) is 14.9 Å². The molecule has 6 heteroatoms. The largest absolute Gasteiger partial charge is 0.465 e. The maximum atomic E-state index is 11.8. The molecule has 0 spiro atoms. The van der Waals surface area contributed by atoms with E-state index in [0.29, 0.717) is 6.42 Å². The molecule has 0 N–H and O–H groups in total. The Kier molecular flexibility index (Phi) is 3.21. The van der Waals surface area contributed by atoms with Crippen LogP contribution in [0.4, 0.5) is 5.69 Å². The SMILES string of the molecule is CCOC(=O)[C@]1(C#N)C[C@H]1c1ccc([N+](=O)[O-])cc1. The Bertz CT molecular complexity index is 561. The molecule has 0 bridgehead atoms. The number of rotatable bonds is 4. The first-order valence-corrected chi connectivity index (χ1v) is 5.88. The highest BCUT2D eigenvalue weighted by Gasteiger charge is 2.63. The highest BCUT2D eigenvalue weighted by molar-refractivity contribution is 5.85. The van der Waals surface area contributed by atoms with Gasteiger partial charge in [0.1, 0.15) is 0 Å². The third-order valence-electron chi connectivity index (χ3n) is 3.31. The fourth-order valence-corrected chi connectivity index (χ4v) is 2.15. The van der Waals surface area contributed by atoms with Crippen LogP contribution >= 0.6 is 0 Å². The quantitative estimate of drug-likeness (QED) is 0.469. The van der Waals surface area contributed by atoms with Crippen molar-refractivity contribution in [1.82, 2.24) is 0 Å². The summed E-state index contributed by atoms with van der Waals surface area (Å²) >= 11 is 0. The van der Waals surface area contributed by atoms with Crippen LogP contribution in [0.1, 0.15) is 24.8 Å². The summed E-state index contributed by atoms with van der Waals surface area (Å²) in [6.07, 6.45) is 0.403. The summed E-state index contributed by atoms with van der Waals surface area (Å²) < 4.78 is 4.90. The van der Waals surface area contributed by atoms with Gasteiger partial charge in [-0.05, 0) is 18.9 Å². The predicted octanol–water partition coefficient (Wildman–Crippen LogP) is 2.16. The molecule has 0 amide bonds. The lowest BCUT2D eigenvalue weighted by Crippen LogP contribution is -2.19. The number of benzene rings is 1. The van der Waals surface area contributed by atoms with Crippen LogP contribution in [0.2, 0.25) is 0 Å². The molecule has 2 rings (SSSR count). The first-order valence-electron chi connectivity index (χ1n) is 5.88. The van der Waals surface area contributed by atoms with Gasteiger partial charge in [-0.2, -0.15) is 5.26 Å². The van der Waals surface area contributed by atoms with Crippen molar-refractivity contribution in [2.75, 3.05) is 6.61 Å². The zero-order valence-corrected chi connectivity index (χ0v) is 10.3. The second-order valence-electron chi connectivity index (χ2n) is 4.41. The van der Waals surface area contributed by atoms with Gasteiger partial charge < -0.3 is 4.74 Å². The summed E-state index contributed by atoms with van der Waals surface area (Å²) in [4.78, 5) is 21.8. The number of esters is 1.